The van der Waals surface area contributed by atoms with E-state index in [4.69, 9.17) is 4.42 Å². The Hall–Kier alpha value is -2.66. The van der Waals surface area contributed by atoms with Crippen molar-refractivity contribution < 1.29 is 4.42 Å². The summed E-state index contributed by atoms with van der Waals surface area (Å²) in [6, 6.07) is 13.8. The van der Waals surface area contributed by atoms with Gasteiger partial charge in [0.15, 0.2) is 0 Å². The molecule has 0 aliphatic rings. The van der Waals surface area contributed by atoms with Crippen molar-refractivity contribution in [3.8, 4) is 11.4 Å². The number of rotatable bonds is 5. The molecule has 142 valence electrons. The van der Waals surface area contributed by atoms with E-state index in [0.717, 1.165) is 23.6 Å². The van der Waals surface area contributed by atoms with Crippen molar-refractivity contribution in [3.63, 3.8) is 0 Å². The highest BCUT2D eigenvalue weighted by atomic mass is 16.3. The molecule has 2 heterocycles. The maximum Gasteiger partial charge on any atom is 0.251 e. The van der Waals surface area contributed by atoms with E-state index in [-0.39, 0.29) is 17.0 Å². The van der Waals surface area contributed by atoms with Crippen LogP contribution in [0.25, 0.3) is 11.4 Å². The number of hydrogen-bond donors (Lipinski definition) is 1. The van der Waals surface area contributed by atoms with Gasteiger partial charge in [-0.1, -0.05) is 45.0 Å². The topological polar surface area (TPSA) is 62.1 Å². The Morgan fingerprint density at radius 2 is 1.89 bits per heavy atom. The summed E-state index contributed by atoms with van der Waals surface area (Å²) in [5.41, 5.74) is 2.59. The molecule has 0 aliphatic carbocycles. The van der Waals surface area contributed by atoms with Gasteiger partial charge >= 0.3 is 0 Å². The van der Waals surface area contributed by atoms with E-state index in [1.54, 1.807) is 12.3 Å². The molecule has 3 aromatic rings. The predicted molar refractivity (Wildman–Crippen MR) is 108 cm³/mol. The third-order valence-electron chi connectivity index (χ3n) is 4.79. The normalized spacial score (nSPS) is 13.1. The molecule has 0 saturated carbocycles. The lowest BCUT2D eigenvalue weighted by Gasteiger charge is -2.23. The summed E-state index contributed by atoms with van der Waals surface area (Å²) in [5, 5.41) is 0. The van der Waals surface area contributed by atoms with Crippen molar-refractivity contribution in [1.29, 1.82) is 0 Å². The molecule has 3 rings (SSSR count). The van der Waals surface area contributed by atoms with Gasteiger partial charge in [-0.05, 0) is 31.7 Å². The van der Waals surface area contributed by atoms with Crippen LogP contribution in [0.1, 0.15) is 50.8 Å². The lowest BCUT2D eigenvalue weighted by molar-refractivity contribution is 0.223. The van der Waals surface area contributed by atoms with E-state index in [1.807, 2.05) is 24.3 Å². The third-order valence-corrected chi connectivity index (χ3v) is 4.79. The van der Waals surface area contributed by atoms with Crippen molar-refractivity contribution in [2.75, 3.05) is 7.05 Å². The fourth-order valence-electron chi connectivity index (χ4n) is 2.92. The van der Waals surface area contributed by atoms with Crippen molar-refractivity contribution in [1.82, 2.24) is 14.9 Å². The monoisotopic (exact) mass is 365 g/mol. The molecule has 1 atom stereocenters. The summed E-state index contributed by atoms with van der Waals surface area (Å²) in [6.45, 7) is 9.08. The van der Waals surface area contributed by atoms with E-state index >= 15 is 0 Å². The fourth-order valence-corrected chi connectivity index (χ4v) is 2.92. The molecule has 2 aromatic heterocycles. The maximum absolute atomic E-state index is 12.0. The van der Waals surface area contributed by atoms with Crippen molar-refractivity contribution >= 4 is 0 Å². The smallest absolute Gasteiger partial charge is 0.251 e. The van der Waals surface area contributed by atoms with E-state index in [1.165, 1.54) is 5.56 Å². The zero-order valence-corrected chi connectivity index (χ0v) is 16.6. The predicted octanol–water partition coefficient (Wildman–Crippen LogP) is 4.52. The standard InChI is InChI=1S/C22H27N3O2/c1-15(18-7-6-12-27-18)25(5)14-16-8-10-17(11-9-16)21-23-19(22(2,3)4)13-20(26)24-21/h6-13,15H,14H2,1-5H3,(H,23,24,26). The minimum absolute atomic E-state index is 0.124. The van der Waals surface area contributed by atoms with Crippen LogP contribution in [0.5, 0.6) is 0 Å². The first-order valence-electron chi connectivity index (χ1n) is 9.19. The van der Waals surface area contributed by atoms with Crippen LogP contribution in [0.3, 0.4) is 0 Å². The number of nitrogens with zero attached hydrogens (tertiary/aromatic N) is 2. The van der Waals surface area contributed by atoms with E-state index < -0.39 is 0 Å². The number of nitrogens with one attached hydrogen (secondary N) is 1. The van der Waals surface area contributed by atoms with Gasteiger partial charge in [0, 0.05) is 23.6 Å². The largest absolute Gasteiger partial charge is 0.468 e. The van der Waals surface area contributed by atoms with Gasteiger partial charge in [-0.3, -0.25) is 9.69 Å². The number of hydrogen-bond acceptors (Lipinski definition) is 4. The Kier molecular flexibility index (Phi) is 5.33. The van der Waals surface area contributed by atoms with Gasteiger partial charge < -0.3 is 9.40 Å². The van der Waals surface area contributed by atoms with Crippen molar-refractivity contribution in [3.05, 3.63) is 76.1 Å². The lowest BCUT2D eigenvalue weighted by Crippen LogP contribution is -2.21. The van der Waals surface area contributed by atoms with Crippen LogP contribution >= 0.6 is 0 Å². The van der Waals surface area contributed by atoms with Gasteiger partial charge in [-0.25, -0.2) is 4.98 Å². The van der Waals surface area contributed by atoms with Gasteiger partial charge in [0.05, 0.1) is 18.0 Å². The molecule has 0 spiro atoms. The zero-order valence-electron chi connectivity index (χ0n) is 16.6. The van der Waals surface area contributed by atoms with Crippen molar-refractivity contribution in [2.24, 2.45) is 0 Å². The molecule has 0 aliphatic heterocycles. The molecule has 0 bridgehead atoms. The van der Waals surface area contributed by atoms with Crippen LogP contribution in [-0.4, -0.2) is 21.9 Å². The van der Waals surface area contributed by atoms with Gasteiger partial charge in [0.25, 0.3) is 5.56 Å². The summed E-state index contributed by atoms with van der Waals surface area (Å²) in [7, 11) is 2.08. The Morgan fingerprint density at radius 1 is 1.19 bits per heavy atom. The van der Waals surface area contributed by atoms with Gasteiger partial charge in [0.1, 0.15) is 11.6 Å². The van der Waals surface area contributed by atoms with Crippen LogP contribution in [0, 0.1) is 0 Å². The first-order chi connectivity index (χ1) is 12.7. The minimum Gasteiger partial charge on any atom is -0.468 e. The number of aromatic nitrogens is 2. The Morgan fingerprint density at radius 3 is 2.48 bits per heavy atom. The van der Waals surface area contributed by atoms with E-state index in [0.29, 0.717) is 5.82 Å². The number of furan rings is 1. The molecule has 0 amide bonds. The highest BCUT2D eigenvalue weighted by molar-refractivity contribution is 5.55. The Bertz CT molecular complexity index is 935. The summed E-state index contributed by atoms with van der Waals surface area (Å²) in [6.07, 6.45) is 1.70. The number of benzene rings is 1. The van der Waals surface area contributed by atoms with Crippen LogP contribution in [0.2, 0.25) is 0 Å². The maximum atomic E-state index is 12.0. The lowest BCUT2D eigenvalue weighted by atomic mass is 9.92. The quantitative estimate of drug-likeness (QED) is 0.722. The SMILES string of the molecule is CC(c1ccco1)N(C)Cc1ccc(-c2nc(C(C)(C)C)cc(=O)[nH]2)cc1. The van der Waals surface area contributed by atoms with Gasteiger partial charge in [-0.15, -0.1) is 0 Å². The number of H-pyrrole nitrogens is 1. The summed E-state index contributed by atoms with van der Waals surface area (Å²) in [5.74, 6) is 1.56. The highest BCUT2D eigenvalue weighted by Crippen LogP contribution is 2.24. The summed E-state index contributed by atoms with van der Waals surface area (Å²) in [4.78, 5) is 21.7. The molecule has 0 fully saturated rings. The van der Waals surface area contributed by atoms with Crippen LogP contribution < -0.4 is 5.56 Å². The average molecular weight is 365 g/mol. The molecule has 5 heteroatoms. The molecule has 1 aromatic carbocycles. The second kappa shape index (κ2) is 7.53. The van der Waals surface area contributed by atoms with E-state index in [2.05, 4.69) is 61.7 Å². The first-order valence-corrected chi connectivity index (χ1v) is 9.19. The second-order valence-electron chi connectivity index (χ2n) is 8.03. The van der Waals surface area contributed by atoms with Crippen LogP contribution in [-0.2, 0) is 12.0 Å². The zero-order chi connectivity index (χ0) is 19.6. The Balaban J connectivity index is 1.78. The average Bonchev–Trinajstić information content (AvgIpc) is 3.15. The molecular formula is C22H27N3O2. The summed E-state index contributed by atoms with van der Waals surface area (Å²) < 4.78 is 5.50. The van der Waals surface area contributed by atoms with Crippen LogP contribution in [0.15, 0.2) is 57.9 Å². The molecule has 1 unspecified atom stereocenters. The molecular weight excluding hydrogens is 338 g/mol. The van der Waals surface area contributed by atoms with Gasteiger partial charge in [0.2, 0.25) is 0 Å². The Labute approximate surface area is 160 Å². The molecule has 0 saturated heterocycles. The summed E-state index contributed by atoms with van der Waals surface area (Å²) >= 11 is 0. The van der Waals surface area contributed by atoms with Crippen molar-refractivity contribution in [2.45, 2.75) is 45.7 Å². The number of aromatic amines is 1. The minimum atomic E-state index is -0.173. The second-order valence-corrected chi connectivity index (χ2v) is 8.03. The third kappa shape index (κ3) is 4.55. The molecule has 5 nitrogen and oxygen atoms in total. The fraction of sp³-hybridized carbons (Fsp3) is 0.364. The molecule has 0 radical (unpaired) electrons. The first kappa shape index (κ1) is 19.1. The van der Waals surface area contributed by atoms with E-state index in [9.17, 15) is 4.79 Å². The van der Waals surface area contributed by atoms with Crippen LogP contribution in [0.4, 0.5) is 0 Å². The highest BCUT2D eigenvalue weighted by Gasteiger charge is 2.18. The molecule has 27 heavy (non-hydrogen) atoms. The van der Waals surface area contributed by atoms with Gasteiger partial charge in [-0.2, -0.15) is 0 Å². The molecule has 1 N–H and O–H groups in total.